The van der Waals surface area contributed by atoms with E-state index >= 15 is 0 Å². The molecule has 92 valence electrons. The van der Waals surface area contributed by atoms with Crippen molar-refractivity contribution in [3.8, 4) is 17.2 Å². The summed E-state index contributed by atoms with van der Waals surface area (Å²) in [6.45, 7) is 2.41. The molecule has 1 aromatic carbocycles. The number of nitrogens with one attached hydrogen (secondary N) is 1. The predicted molar refractivity (Wildman–Crippen MR) is 64.0 cm³/mol. The molecule has 2 aliphatic rings. The Balaban J connectivity index is 1.98. The van der Waals surface area contributed by atoms with Crippen LogP contribution in [0.15, 0.2) is 12.1 Å². The first kappa shape index (κ1) is 10.7. The van der Waals surface area contributed by atoms with Crippen LogP contribution in [0.3, 0.4) is 0 Å². The fourth-order valence-electron chi connectivity index (χ4n) is 2.61. The number of hydrogen-bond donors (Lipinski definition) is 1. The maximum absolute atomic E-state index is 5.51. The van der Waals surface area contributed by atoms with Gasteiger partial charge in [-0.05, 0) is 25.5 Å². The third-order valence-electron chi connectivity index (χ3n) is 3.46. The van der Waals surface area contributed by atoms with Gasteiger partial charge < -0.3 is 19.5 Å². The third-order valence-corrected chi connectivity index (χ3v) is 3.46. The molecule has 1 atom stereocenters. The van der Waals surface area contributed by atoms with E-state index in [2.05, 4.69) is 11.4 Å². The van der Waals surface area contributed by atoms with Gasteiger partial charge in [0.05, 0.1) is 7.11 Å². The van der Waals surface area contributed by atoms with Gasteiger partial charge in [-0.1, -0.05) is 6.07 Å². The molecule has 1 saturated heterocycles. The summed E-state index contributed by atoms with van der Waals surface area (Å²) in [6.07, 6.45) is 2.41. The molecule has 4 heteroatoms. The van der Waals surface area contributed by atoms with Gasteiger partial charge in [0.15, 0.2) is 11.5 Å². The standard InChI is InChI=1S/C13H17NO3/c1-15-12-10(9-3-2-6-14-7-9)4-5-11-13(12)17-8-16-11/h4-5,9,14H,2-3,6-8H2,1H3. The lowest BCUT2D eigenvalue weighted by Gasteiger charge is -2.25. The molecule has 0 saturated carbocycles. The molecule has 17 heavy (non-hydrogen) atoms. The molecule has 0 aromatic heterocycles. The molecule has 0 bridgehead atoms. The molecule has 1 aromatic rings. The second kappa shape index (κ2) is 4.45. The Labute approximate surface area is 101 Å². The van der Waals surface area contributed by atoms with Crippen molar-refractivity contribution in [1.82, 2.24) is 5.32 Å². The van der Waals surface area contributed by atoms with Crippen molar-refractivity contribution in [2.24, 2.45) is 0 Å². The fraction of sp³-hybridized carbons (Fsp3) is 0.538. The van der Waals surface area contributed by atoms with E-state index < -0.39 is 0 Å². The van der Waals surface area contributed by atoms with Crippen LogP contribution >= 0.6 is 0 Å². The van der Waals surface area contributed by atoms with Gasteiger partial charge in [-0.3, -0.25) is 0 Å². The summed E-state index contributed by atoms with van der Waals surface area (Å²) in [6, 6.07) is 4.08. The smallest absolute Gasteiger partial charge is 0.231 e. The van der Waals surface area contributed by atoms with Gasteiger partial charge in [-0.2, -0.15) is 0 Å². The fourth-order valence-corrected chi connectivity index (χ4v) is 2.61. The highest BCUT2D eigenvalue weighted by molar-refractivity contribution is 5.58. The van der Waals surface area contributed by atoms with Crippen LogP contribution in [-0.4, -0.2) is 27.0 Å². The lowest BCUT2D eigenvalue weighted by molar-refractivity contribution is 0.171. The molecule has 0 aliphatic carbocycles. The Morgan fingerprint density at radius 3 is 3.06 bits per heavy atom. The molecule has 1 fully saturated rings. The maximum atomic E-state index is 5.51. The summed E-state index contributed by atoms with van der Waals surface area (Å²) in [5.74, 6) is 2.90. The second-order valence-corrected chi connectivity index (χ2v) is 4.47. The molecule has 2 aliphatic heterocycles. The van der Waals surface area contributed by atoms with E-state index in [0.717, 1.165) is 30.3 Å². The summed E-state index contributed by atoms with van der Waals surface area (Å²) >= 11 is 0. The first-order valence-corrected chi connectivity index (χ1v) is 6.07. The highest BCUT2D eigenvalue weighted by atomic mass is 16.7. The van der Waals surface area contributed by atoms with E-state index in [1.807, 2.05) is 6.07 Å². The van der Waals surface area contributed by atoms with E-state index in [0.29, 0.717) is 5.92 Å². The lowest BCUT2D eigenvalue weighted by atomic mass is 9.90. The van der Waals surface area contributed by atoms with Crippen molar-refractivity contribution >= 4 is 0 Å². The Hall–Kier alpha value is -1.42. The normalized spacial score (nSPS) is 22.5. The Morgan fingerprint density at radius 1 is 1.35 bits per heavy atom. The van der Waals surface area contributed by atoms with Gasteiger partial charge in [0.25, 0.3) is 0 Å². The van der Waals surface area contributed by atoms with Crippen LogP contribution in [-0.2, 0) is 0 Å². The maximum Gasteiger partial charge on any atom is 0.231 e. The largest absolute Gasteiger partial charge is 0.492 e. The molecule has 1 unspecified atom stereocenters. The minimum atomic E-state index is 0.290. The van der Waals surface area contributed by atoms with Crippen molar-refractivity contribution in [3.05, 3.63) is 17.7 Å². The highest BCUT2D eigenvalue weighted by Crippen LogP contribution is 2.46. The van der Waals surface area contributed by atoms with Crippen LogP contribution in [0.25, 0.3) is 0 Å². The monoisotopic (exact) mass is 235 g/mol. The summed E-state index contributed by atoms with van der Waals surface area (Å²) in [7, 11) is 1.69. The number of ether oxygens (including phenoxy) is 3. The zero-order chi connectivity index (χ0) is 11.7. The van der Waals surface area contributed by atoms with E-state index in [1.54, 1.807) is 7.11 Å². The number of methoxy groups -OCH3 is 1. The summed E-state index contributed by atoms with van der Waals surface area (Å²) in [4.78, 5) is 0. The molecular weight excluding hydrogens is 218 g/mol. The van der Waals surface area contributed by atoms with E-state index in [9.17, 15) is 0 Å². The van der Waals surface area contributed by atoms with Crippen molar-refractivity contribution < 1.29 is 14.2 Å². The second-order valence-electron chi connectivity index (χ2n) is 4.47. The van der Waals surface area contributed by atoms with Gasteiger partial charge in [-0.15, -0.1) is 0 Å². The average Bonchev–Trinajstić information content (AvgIpc) is 2.86. The third kappa shape index (κ3) is 1.82. The van der Waals surface area contributed by atoms with Crippen molar-refractivity contribution in [3.63, 3.8) is 0 Å². The van der Waals surface area contributed by atoms with E-state index in [4.69, 9.17) is 14.2 Å². The molecular formula is C13H17NO3. The minimum absolute atomic E-state index is 0.290. The molecule has 0 amide bonds. The number of piperidine rings is 1. The Bertz CT molecular complexity index is 413. The average molecular weight is 235 g/mol. The van der Waals surface area contributed by atoms with Crippen LogP contribution in [0.4, 0.5) is 0 Å². The summed E-state index contributed by atoms with van der Waals surface area (Å²) in [5.41, 5.74) is 1.23. The number of benzene rings is 1. The zero-order valence-electron chi connectivity index (χ0n) is 9.99. The molecule has 2 heterocycles. The first-order valence-electron chi connectivity index (χ1n) is 6.07. The number of rotatable bonds is 2. The molecule has 0 spiro atoms. The van der Waals surface area contributed by atoms with Gasteiger partial charge in [0.1, 0.15) is 0 Å². The van der Waals surface area contributed by atoms with E-state index in [-0.39, 0.29) is 6.79 Å². The van der Waals surface area contributed by atoms with Gasteiger partial charge in [0, 0.05) is 18.0 Å². The minimum Gasteiger partial charge on any atom is -0.492 e. The summed E-state index contributed by atoms with van der Waals surface area (Å²) in [5, 5.41) is 3.42. The molecule has 0 radical (unpaired) electrons. The van der Waals surface area contributed by atoms with Gasteiger partial charge in [-0.25, -0.2) is 0 Å². The van der Waals surface area contributed by atoms with Crippen LogP contribution < -0.4 is 19.5 Å². The van der Waals surface area contributed by atoms with E-state index in [1.165, 1.54) is 18.4 Å². The van der Waals surface area contributed by atoms with Crippen LogP contribution in [0, 0.1) is 0 Å². The number of hydrogen-bond acceptors (Lipinski definition) is 4. The molecule has 3 rings (SSSR count). The highest BCUT2D eigenvalue weighted by Gasteiger charge is 2.26. The van der Waals surface area contributed by atoms with Gasteiger partial charge in [0.2, 0.25) is 12.5 Å². The lowest BCUT2D eigenvalue weighted by Crippen LogP contribution is -2.28. The quantitative estimate of drug-likeness (QED) is 0.849. The Morgan fingerprint density at radius 2 is 2.29 bits per heavy atom. The van der Waals surface area contributed by atoms with Crippen LogP contribution in [0.5, 0.6) is 17.2 Å². The molecule has 4 nitrogen and oxygen atoms in total. The van der Waals surface area contributed by atoms with Gasteiger partial charge >= 0.3 is 0 Å². The summed E-state index contributed by atoms with van der Waals surface area (Å²) < 4.78 is 16.4. The van der Waals surface area contributed by atoms with Crippen molar-refractivity contribution in [1.29, 1.82) is 0 Å². The number of fused-ring (bicyclic) bond motifs is 1. The Kier molecular flexibility index (Phi) is 2.81. The topological polar surface area (TPSA) is 39.7 Å². The SMILES string of the molecule is COc1c(C2CCCNC2)ccc2c1OCO2. The van der Waals surface area contributed by atoms with Crippen LogP contribution in [0.2, 0.25) is 0 Å². The first-order chi connectivity index (χ1) is 8.40. The van der Waals surface area contributed by atoms with Crippen LogP contribution in [0.1, 0.15) is 24.3 Å². The zero-order valence-corrected chi connectivity index (χ0v) is 9.99. The molecule has 1 N–H and O–H groups in total. The van der Waals surface area contributed by atoms with Crippen molar-refractivity contribution in [2.75, 3.05) is 27.0 Å². The predicted octanol–water partition coefficient (Wildman–Crippen LogP) is 1.89. The van der Waals surface area contributed by atoms with Crippen molar-refractivity contribution in [2.45, 2.75) is 18.8 Å².